The third-order valence-electron chi connectivity index (χ3n) is 5.68. The van der Waals surface area contributed by atoms with Gasteiger partial charge in [-0.25, -0.2) is 9.98 Å². The predicted octanol–water partition coefficient (Wildman–Crippen LogP) is 4.57. The topological polar surface area (TPSA) is 34.5 Å². The highest BCUT2D eigenvalue weighted by molar-refractivity contribution is 5.94. The Morgan fingerprint density at radius 1 is 0.917 bits per heavy atom. The minimum Gasteiger partial charge on any atom is -0.470 e. The van der Waals surface area contributed by atoms with Crippen molar-refractivity contribution in [3.05, 3.63) is 65.0 Å². The predicted molar refractivity (Wildman–Crippen MR) is 94.4 cm³/mol. The molecule has 24 heavy (non-hydrogen) atoms. The van der Waals surface area contributed by atoms with E-state index in [0.29, 0.717) is 5.92 Å². The number of hydrogen-bond acceptors (Lipinski definition) is 3. The summed E-state index contributed by atoms with van der Waals surface area (Å²) in [7, 11) is 0. The molecule has 2 heterocycles. The zero-order chi connectivity index (χ0) is 15.9. The molecule has 1 aromatic carbocycles. The minimum absolute atomic E-state index is 0.149. The normalized spacial score (nSPS) is 25.8. The van der Waals surface area contributed by atoms with Gasteiger partial charge in [0.25, 0.3) is 0 Å². The van der Waals surface area contributed by atoms with Gasteiger partial charge >= 0.3 is 0 Å². The fourth-order valence-electron chi connectivity index (χ4n) is 4.42. The maximum absolute atomic E-state index is 6.18. The average molecular weight is 318 g/mol. The monoisotopic (exact) mass is 318 g/mol. The second kappa shape index (κ2) is 5.73. The van der Waals surface area contributed by atoms with Gasteiger partial charge in [0.1, 0.15) is 17.8 Å². The van der Waals surface area contributed by atoms with Gasteiger partial charge in [-0.15, -0.1) is 0 Å². The van der Waals surface area contributed by atoms with Crippen LogP contribution in [-0.2, 0) is 11.2 Å². The van der Waals surface area contributed by atoms with E-state index in [1.165, 1.54) is 48.9 Å². The van der Waals surface area contributed by atoms with E-state index in [2.05, 4.69) is 36.4 Å². The average Bonchev–Trinajstić information content (AvgIpc) is 3.21. The Morgan fingerprint density at radius 3 is 2.71 bits per heavy atom. The molecule has 122 valence electrons. The highest BCUT2D eigenvalue weighted by Gasteiger charge is 2.39. The number of aromatic nitrogens is 1. The second-order valence-corrected chi connectivity index (χ2v) is 7.22. The lowest BCUT2D eigenvalue weighted by molar-refractivity contribution is 0.206. The Bertz CT molecular complexity index is 792. The maximum Gasteiger partial charge on any atom is 0.236 e. The number of hydrogen-bond donors (Lipinski definition) is 0. The van der Waals surface area contributed by atoms with Crippen molar-refractivity contribution in [1.29, 1.82) is 0 Å². The number of aliphatic imine (C=N–C) groups is 1. The van der Waals surface area contributed by atoms with Crippen LogP contribution >= 0.6 is 0 Å². The lowest BCUT2D eigenvalue weighted by atomic mass is 9.86. The van der Waals surface area contributed by atoms with Gasteiger partial charge in [-0.1, -0.05) is 49.6 Å². The second-order valence-electron chi connectivity index (χ2n) is 7.22. The Hall–Kier alpha value is -2.16. The first-order valence-corrected chi connectivity index (χ1v) is 9.18. The molecule has 0 spiro atoms. The summed E-state index contributed by atoms with van der Waals surface area (Å²) < 4.78 is 6.18. The molecule has 1 aliphatic heterocycles. The number of benzene rings is 1. The summed E-state index contributed by atoms with van der Waals surface area (Å²) in [5.74, 6) is 1.35. The van der Waals surface area contributed by atoms with Crippen LogP contribution < -0.4 is 0 Å². The summed E-state index contributed by atoms with van der Waals surface area (Å²) in [4.78, 5) is 9.79. The van der Waals surface area contributed by atoms with E-state index in [4.69, 9.17) is 14.7 Å². The first-order chi connectivity index (χ1) is 11.9. The van der Waals surface area contributed by atoms with Crippen LogP contribution in [0.1, 0.15) is 66.6 Å². The highest BCUT2D eigenvalue weighted by atomic mass is 16.5. The SMILES string of the molecule is c1cc(C2=N[C@@H]3c4ccccc4C[C@@H]3O2)nc(C2CCCCC2)c1. The molecule has 2 atom stereocenters. The van der Waals surface area contributed by atoms with E-state index in [1.807, 2.05) is 6.07 Å². The molecule has 0 radical (unpaired) electrons. The van der Waals surface area contributed by atoms with Crippen molar-refractivity contribution in [2.24, 2.45) is 4.99 Å². The van der Waals surface area contributed by atoms with Gasteiger partial charge in [0.15, 0.2) is 0 Å². The lowest BCUT2D eigenvalue weighted by Crippen LogP contribution is -2.15. The quantitative estimate of drug-likeness (QED) is 0.813. The van der Waals surface area contributed by atoms with Gasteiger partial charge in [0.05, 0.1) is 0 Å². The van der Waals surface area contributed by atoms with Crippen molar-refractivity contribution in [3.63, 3.8) is 0 Å². The van der Waals surface area contributed by atoms with Crippen LogP contribution in [0, 0.1) is 0 Å². The van der Waals surface area contributed by atoms with E-state index in [-0.39, 0.29) is 12.1 Å². The molecule has 1 fully saturated rings. The van der Waals surface area contributed by atoms with Crippen molar-refractivity contribution < 1.29 is 4.74 Å². The molecular weight excluding hydrogens is 296 g/mol. The zero-order valence-electron chi connectivity index (χ0n) is 13.8. The van der Waals surface area contributed by atoms with Crippen LogP contribution in [-0.4, -0.2) is 17.0 Å². The summed E-state index contributed by atoms with van der Waals surface area (Å²) in [5.41, 5.74) is 4.82. The molecule has 0 amide bonds. The van der Waals surface area contributed by atoms with Crippen LogP contribution in [0.3, 0.4) is 0 Å². The zero-order valence-corrected chi connectivity index (χ0v) is 13.8. The fourth-order valence-corrected chi connectivity index (χ4v) is 4.42. The first-order valence-electron chi connectivity index (χ1n) is 9.18. The van der Waals surface area contributed by atoms with Crippen LogP contribution in [0.15, 0.2) is 47.5 Å². The summed E-state index contributed by atoms with van der Waals surface area (Å²) in [6.45, 7) is 0. The maximum atomic E-state index is 6.18. The largest absolute Gasteiger partial charge is 0.470 e. The van der Waals surface area contributed by atoms with E-state index >= 15 is 0 Å². The van der Waals surface area contributed by atoms with Crippen LogP contribution in [0.5, 0.6) is 0 Å². The number of fused-ring (bicyclic) bond motifs is 3. The first kappa shape index (κ1) is 14.2. The molecule has 1 saturated carbocycles. The van der Waals surface area contributed by atoms with Crippen molar-refractivity contribution in [1.82, 2.24) is 4.98 Å². The van der Waals surface area contributed by atoms with Gasteiger partial charge in [-0.2, -0.15) is 0 Å². The van der Waals surface area contributed by atoms with Crippen molar-refractivity contribution in [2.45, 2.75) is 56.6 Å². The van der Waals surface area contributed by atoms with Crippen LogP contribution in [0.4, 0.5) is 0 Å². The van der Waals surface area contributed by atoms with Crippen molar-refractivity contribution in [3.8, 4) is 0 Å². The third-order valence-corrected chi connectivity index (χ3v) is 5.68. The highest BCUT2D eigenvalue weighted by Crippen LogP contribution is 2.40. The number of pyridine rings is 1. The van der Waals surface area contributed by atoms with Crippen molar-refractivity contribution >= 4 is 5.90 Å². The molecule has 1 aromatic heterocycles. The van der Waals surface area contributed by atoms with Gasteiger partial charge in [0.2, 0.25) is 5.90 Å². The molecular formula is C21H22N2O. The van der Waals surface area contributed by atoms with E-state index in [1.54, 1.807) is 0 Å². The molecule has 3 heteroatoms. The molecule has 5 rings (SSSR count). The lowest BCUT2D eigenvalue weighted by Gasteiger charge is -2.21. The Kier molecular flexibility index (Phi) is 3.39. The van der Waals surface area contributed by atoms with Gasteiger partial charge in [-0.3, -0.25) is 0 Å². The van der Waals surface area contributed by atoms with Gasteiger partial charge in [-0.05, 0) is 36.1 Å². The summed E-state index contributed by atoms with van der Waals surface area (Å²) in [5, 5.41) is 0. The van der Waals surface area contributed by atoms with Gasteiger partial charge in [0, 0.05) is 18.0 Å². The van der Waals surface area contributed by atoms with Crippen LogP contribution in [0.25, 0.3) is 0 Å². The van der Waals surface area contributed by atoms with E-state index in [0.717, 1.165) is 18.0 Å². The molecule has 0 N–H and O–H groups in total. The molecule has 3 nitrogen and oxygen atoms in total. The molecule has 0 bridgehead atoms. The summed E-state index contributed by atoms with van der Waals surface area (Å²) in [6, 6.07) is 15.0. The van der Waals surface area contributed by atoms with Crippen LogP contribution in [0.2, 0.25) is 0 Å². The Labute approximate surface area is 142 Å². The molecule has 3 aliphatic rings. The van der Waals surface area contributed by atoms with Gasteiger partial charge < -0.3 is 4.74 Å². The smallest absolute Gasteiger partial charge is 0.236 e. The summed E-state index contributed by atoms with van der Waals surface area (Å²) >= 11 is 0. The Morgan fingerprint density at radius 2 is 1.79 bits per heavy atom. The molecule has 2 aliphatic carbocycles. The third kappa shape index (κ3) is 2.34. The standard InChI is InChI=1S/C21H22N2O/c1-2-7-14(8-3-1)17-11-6-12-18(22-17)21-23-20-16-10-5-4-9-15(16)13-19(20)24-21/h4-6,9-12,14,19-20H,1-3,7-8,13H2/t19-,20+/m0/s1. The molecule has 0 saturated heterocycles. The fraction of sp³-hybridized carbons (Fsp3) is 0.429. The van der Waals surface area contributed by atoms with Crippen molar-refractivity contribution in [2.75, 3.05) is 0 Å². The van der Waals surface area contributed by atoms with E-state index in [9.17, 15) is 0 Å². The number of ether oxygens (including phenoxy) is 1. The number of rotatable bonds is 2. The summed E-state index contributed by atoms with van der Waals surface area (Å²) in [6.07, 6.45) is 7.66. The number of nitrogens with zero attached hydrogens (tertiary/aromatic N) is 2. The molecule has 2 aromatic rings. The minimum atomic E-state index is 0.149. The van der Waals surface area contributed by atoms with E-state index < -0.39 is 0 Å². The molecule has 0 unspecified atom stereocenters. The Balaban J connectivity index is 1.44.